The summed E-state index contributed by atoms with van der Waals surface area (Å²) in [7, 11) is 3.58. The lowest BCUT2D eigenvalue weighted by Gasteiger charge is -2.34. The van der Waals surface area contributed by atoms with E-state index in [1.165, 1.54) is 31.4 Å². The van der Waals surface area contributed by atoms with Crippen molar-refractivity contribution >= 4 is 17.3 Å². The first-order valence-corrected chi connectivity index (χ1v) is 11.7. The third-order valence-electron chi connectivity index (χ3n) is 5.97. The van der Waals surface area contributed by atoms with Crippen molar-refractivity contribution in [1.82, 2.24) is 4.90 Å². The molecule has 4 rings (SSSR count). The van der Waals surface area contributed by atoms with Gasteiger partial charge in [0.25, 0.3) is 5.91 Å². The minimum absolute atomic E-state index is 0.0911. The first-order chi connectivity index (χ1) is 17.7. The fourth-order valence-corrected chi connectivity index (χ4v) is 3.90. The Bertz CT molecular complexity index is 1190. The standard InChI is InChI=1S/C27H28F3N3O4/c1-32-13-15-33(16-14-32)22-8-6-21(7-9-22)31-26(34)20-5-12-24(25(17-20)35-2)36-18-19-3-10-23(11-4-19)37-27(28,29)30/h3-12,17H,13-16,18H2,1-2H3,(H,31,34). The number of carbonyl (C=O) groups is 1. The first-order valence-electron chi connectivity index (χ1n) is 11.7. The molecular weight excluding hydrogens is 487 g/mol. The summed E-state index contributed by atoms with van der Waals surface area (Å²) in [5.74, 6) is 0.150. The van der Waals surface area contributed by atoms with Crippen LogP contribution in [0.1, 0.15) is 15.9 Å². The van der Waals surface area contributed by atoms with Crippen LogP contribution < -0.4 is 24.4 Å². The summed E-state index contributed by atoms with van der Waals surface area (Å²) in [6, 6.07) is 18.0. The third kappa shape index (κ3) is 7.29. The van der Waals surface area contributed by atoms with Gasteiger partial charge in [0.2, 0.25) is 0 Å². The number of carbonyl (C=O) groups excluding carboxylic acids is 1. The van der Waals surface area contributed by atoms with E-state index in [4.69, 9.17) is 9.47 Å². The number of anilines is 2. The van der Waals surface area contributed by atoms with Gasteiger partial charge in [-0.25, -0.2) is 0 Å². The van der Waals surface area contributed by atoms with Crippen LogP contribution in [-0.4, -0.2) is 57.5 Å². The van der Waals surface area contributed by atoms with Crippen molar-refractivity contribution < 1.29 is 32.2 Å². The van der Waals surface area contributed by atoms with Crippen molar-refractivity contribution in [3.05, 3.63) is 77.9 Å². The van der Waals surface area contributed by atoms with Crippen LogP contribution in [0.15, 0.2) is 66.7 Å². The average Bonchev–Trinajstić information content (AvgIpc) is 2.88. The zero-order valence-corrected chi connectivity index (χ0v) is 20.5. The molecule has 196 valence electrons. The number of nitrogens with one attached hydrogen (secondary N) is 1. The minimum Gasteiger partial charge on any atom is -0.493 e. The van der Waals surface area contributed by atoms with Crippen LogP contribution >= 0.6 is 0 Å². The summed E-state index contributed by atoms with van der Waals surface area (Å²) < 4.78 is 51.9. The molecule has 0 unspecified atom stereocenters. The van der Waals surface area contributed by atoms with Gasteiger partial charge in [-0.05, 0) is 67.2 Å². The maximum atomic E-state index is 12.8. The second-order valence-electron chi connectivity index (χ2n) is 8.64. The number of rotatable bonds is 8. The molecule has 0 aliphatic carbocycles. The Morgan fingerprint density at radius 3 is 2.22 bits per heavy atom. The van der Waals surface area contributed by atoms with Crippen molar-refractivity contribution in [2.75, 3.05) is 50.6 Å². The Hall–Kier alpha value is -3.92. The van der Waals surface area contributed by atoms with E-state index in [2.05, 4.69) is 26.9 Å². The molecule has 0 atom stereocenters. The molecule has 0 aromatic heterocycles. The first kappa shape index (κ1) is 26.2. The summed E-state index contributed by atoms with van der Waals surface area (Å²) in [5.41, 5.74) is 2.83. The van der Waals surface area contributed by atoms with Crippen molar-refractivity contribution in [2.45, 2.75) is 13.0 Å². The quantitative estimate of drug-likeness (QED) is 0.446. The van der Waals surface area contributed by atoms with E-state index in [1.54, 1.807) is 18.2 Å². The Morgan fingerprint density at radius 1 is 0.919 bits per heavy atom. The van der Waals surface area contributed by atoms with Crippen LogP contribution in [0.25, 0.3) is 0 Å². The molecule has 7 nitrogen and oxygen atoms in total. The Morgan fingerprint density at radius 2 is 1.59 bits per heavy atom. The molecule has 1 amide bonds. The predicted molar refractivity (Wildman–Crippen MR) is 135 cm³/mol. The summed E-state index contributed by atoms with van der Waals surface area (Å²) in [5, 5.41) is 2.89. The maximum absolute atomic E-state index is 12.8. The topological polar surface area (TPSA) is 63.3 Å². The lowest BCUT2D eigenvalue weighted by molar-refractivity contribution is -0.274. The molecule has 3 aromatic carbocycles. The van der Waals surface area contributed by atoms with Crippen molar-refractivity contribution in [2.24, 2.45) is 0 Å². The molecule has 37 heavy (non-hydrogen) atoms. The fourth-order valence-electron chi connectivity index (χ4n) is 3.90. The number of piperazine rings is 1. The van der Waals surface area contributed by atoms with E-state index in [1.807, 2.05) is 24.3 Å². The Labute approximate surface area is 213 Å². The molecule has 1 fully saturated rings. The van der Waals surface area contributed by atoms with Crippen LogP contribution in [0.2, 0.25) is 0 Å². The van der Waals surface area contributed by atoms with Crippen LogP contribution in [0, 0.1) is 0 Å². The highest BCUT2D eigenvalue weighted by molar-refractivity contribution is 6.04. The minimum atomic E-state index is -4.74. The van der Waals surface area contributed by atoms with Crippen LogP contribution in [0.5, 0.6) is 17.2 Å². The lowest BCUT2D eigenvalue weighted by Crippen LogP contribution is -2.44. The van der Waals surface area contributed by atoms with Gasteiger partial charge in [0.15, 0.2) is 11.5 Å². The summed E-state index contributed by atoms with van der Waals surface area (Å²) in [6.45, 7) is 4.06. The van der Waals surface area contributed by atoms with Crippen LogP contribution in [0.3, 0.4) is 0 Å². The molecule has 0 spiro atoms. The average molecular weight is 516 g/mol. The SMILES string of the molecule is COc1cc(C(=O)Nc2ccc(N3CCN(C)CC3)cc2)ccc1OCc1ccc(OC(F)(F)F)cc1. The number of alkyl halides is 3. The summed E-state index contributed by atoms with van der Waals surface area (Å²) in [6.07, 6.45) is -4.74. The second kappa shape index (κ2) is 11.4. The highest BCUT2D eigenvalue weighted by atomic mass is 19.4. The lowest BCUT2D eigenvalue weighted by atomic mass is 10.1. The van der Waals surface area contributed by atoms with Gasteiger partial charge in [0, 0.05) is 43.1 Å². The van der Waals surface area contributed by atoms with Gasteiger partial charge in [-0.2, -0.15) is 0 Å². The third-order valence-corrected chi connectivity index (χ3v) is 5.97. The van der Waals surface area contributed by atoms with Crippen molar-refractivity contribution in [3.8, 4) is 17.2 Å². The number of likely N-dealkylation sites (N-methyl/N-ethyl adjacent to an activating group) is 1. The molecule has 1 N–H and O–H groups in total. The molecule has 1 aliphatic rings. The van der Waals surface area contributed by atoms with Gasteiger partial charge in [-0.1, -0.05) is 12.1 Å². The van der Waals surface area contributed by atoms with Crippen molar-refractivity contribution in [1.29, 1.82) is 0 Å². The Kier molecular flexibility index (Phi) is 8.08. The van der Waals surface area contributed by atoms with Gasteiger partial charge >= 0.3 is 6.36 Å². The molecule has 1 aliphatic heterocycles. The van der Waals surface area contributed by atoms with Gasteiger partial charge in [0.05, 0.1) is 7.11 Å². The molecular formula is C27H28F3N3O4. The molecule has 3 aromatic rings. The number of hydrogen-bond donors (Lipinski definition) is 1. The highest BCUT2D eigenvalue weighted by Crippen LogP contribution is 2.30. The van der Waals surface area contributed by atoms with Gasteiger partial charge in [-0.3, -0.25) is 4.79 Å². The molecule has 1 heterocycles. The summed E-state index contributed by atoms with van der Waals surface area (Å²) >= 11 is 0. The molecule has 0 bridgehead atoms. The molecule has 10 heteroatoms. The van der Waals surface area contributed by atoms with Crippen LogP contribution in [-0.2, 0) is 6.61 Å². The number of benzene rings is 3. The van der Waals surface area contributed by atoms with Crippen molar-refractivity contribution in [3.63, 3.8) is 0 Å². The zero-order valence-electron chi connectivity index (χ0n) is 20.5. The highest BCUT2D eigenvalue weighted by Gasteiger charge is 2.31. The van der Waals surface area contributed by atoms with E-state index < -0.39 is 6.36 Å². The van der Waals surface area contributed by atoms with E-state index in [-0.39, 0.29) is 18.3 Å². The monoisotopic (exact) mass is 515 g/mol. The molecule has 0 saturated carbocycles. The fraction of sp³-hybridized carbons (Fsp3) is 0.296. The normalized spacial score (nSPS) is 14.2. The van der Waals surface area contributed by atoms with Gasteiger partial charge in [-0.15, -0.1) is 13.2 Å². The maximum Gasteiger partial charge on any atom is 0.573 e. The van der Waals surface area contributed by atoms with E-state index >= 15 is 0 Å². The summed E-state index contributed by atoms with van der Waals surface area (Å²) in [4.78, 5) is 17.4. The zero-order chi connectivity index (χ0) is 26.4. The van der Waals surface area contributed by atoms with E-state index in [9.17, 15) is 18.0 Å². The largest absolute Gasteiger partial charge is 0.573 e. The molecule has 1 saturated heterocycles. The number of ether oxygens (including phenoxy) is 3. The Balaban J connectivity index is 1.34. The number of halogens is 3. The van der Waals surface area contributed by atoms with Crippen LogP contribution in [0.4, 0.5) is 24.5 Å². The smallest absolute Gasteiger partial charge is 0.493 e. The second-order valence-corrected chi connectivity index (χ2v) is 8.64. The van der Waals surface area contributed by atoms with E-state index in [0.29, 0.717) is 28.3 Å². The number of nitrogens with zero attached hydrogens (tertiary/aromatic N) is 2. The number of hydrogen-bond acceptors (Lipinski definition) is 6. The predicted octanol–water partition coefficient (Wildman–Crippen LogP) is 5.18. The number of amides is 1. The van der Waals surface area contributed by atoms with Gasteiger partial charge in [0.1, 0.15) is 12.4 Å². The number of methoxy groups -OCH3 is 1. The van der Waals surface area contributed by atoms with E-state index in [0.717, 1.165) is 31.9 Å². The van der Waals surface area contributed by atoms with Gasteiger partial charge < -0.3 is 29.3 Å². The molecule has 0 radical (unpaired) electrons.